The fourth-order valence-corrected chi connectivity index (χ4v) is 2.81. The van der Waals surface area contributed by atoms with E-state index in [-0.39, 0.29) is 6.61 Å². The van der Waals surface area contributed by atoms with E-state index in [4.69, 9.17) is 14.4 Å². The van der Waals surface area contributed by atoms with Gasteiger partial charge in [-0.25, -0.2) is 8.96 Å². The zero-order chi connectivity index (χ0) is 18.3. The smallest absolute Gasteiger partial charge is 0.394 e. The molecule has 0 aliphatic carbocycles. The van der Waals surface area contributed by atoms with Crippen molar-refractivity contribution in [3.05, 3.63) is 23.3 Å². The fourth-order valence-electron chi connectivity index (χ4n) is 2.05. The van der Waals surface area contributed by atoms with Crippen LogP contribution in [0.3, 0.4) is 0 Å². The van der Waals surface area contributed by atoms with Crippen molar-refractivity contribution < 1.29 is 37.8 Å². The SMILES string of the molecule is CC(C)=CCC/C(C)=C/COP(=O)(O)O[C@@H]1O[C@H](CO)[C@@H](O)[C@@H]1F. The van der Waals surface area contributed by atoms with Gasteiger partial charge in [-0.3, -0.25) is 9.05 Å². The fraction of sp³-hybridized carbons (Fsp3) is 0.733. The molecule has 9 heteroatoms. The topological polar surface area (TPSA) is 105 Å². The minimum Gasteiger partial charge on any atom is -0.394 e. The number of alkyl halides is 1. The van der Waals surface area contributed by atoms with E-state index in [1.165, 1.54) is 5.57 Å². The summed E-state index contributed by atoms with van der Waals surface area (Å²) in [7, 11) is -4.55. The van der Waals surface area contributed by atoms with Gasteiger partial charge < -0.3 is 19.8 Å². The van der Waals surface area contributed by atoms with Crippen molar-refractivity contribution in [2.75, 3.05) is 13.2 Å². The summed E-state index contributed by atoms with van der Waals surface area (Å²) < 4.78 is 39.7. The molecule has 1 unspecified atom stereocenters. The number of aliphatic hydroxyl groups is 2. The molecule has 0 radical (unpaired) electrons. The third-order valence-corrected chi connectivity index (χ3v) is 4.40. The highest BCUT2D eigenvalue weighted by Crippen LogP contribution is 2.47. The van der Waals surface area contributed by atoms with E-state index in [0.29, 0.717) is 0 Å². The molecule has 0 spiro atoms. The molecule has 0 amide bonds. The van der Waals surface area contributed by atoms with Gasteiger partial charge in [-0.05, 0) is 33.6 Å². The van der Waals surface area contributed by atoms with Gasteiger partial charge in [0, 0.05) is 0 Å². The molecule has 1 fully saturated rings. The monoisotopic (exact) mass is 368 g/mol. The molecule has 3 N–H and O–H groups in total. The second-order valence-corrected chi connectivity index (χ2v) is 7.31. The van der Waals surface area contributed by atoms with E-state index in [2.05, 4.69) is 10.6 Å². The Balaban J connectivity index is 2.44. The van der Waals surface area contributed by atoms with E-state index in [1.54, 1.807) is 6.08 Å². The van der Waals surface area contributed by atoms with Crippen molar-refractivity contribution in [3.63, 3.8) is 0 Å². The van der Waals surface area contributed by atoms with Crippen LogP contribution in [0.15, 0.2) is 23.3 Å². The van der Waals surface area contributed by atoms with Crippen LogP contribution in [-0.4, -0.2) is 53.0 Å². The Bertz CT molecular complexity index is 504. The lowest BCUT2D eigenvalue weighted by Crippen LogP contribution is -2.31. The van der Waals surface area contributed by atoms with Gasteiger partial charge in [0.2, 0.25) is 6.29 Å². The van der Waals surface area contributed by atoms with Crippen molar-refractivity contribution >= 4 is 7.82 Å². The van der Waals surface area contributed by atoms with E-state index >= 15 is 0 Å². The largest absolute Gasteiger partial charge is 0.474 e. The molecule has 0 aromatic rings. The highest BCUT2D eigenvalue weighted by Gasteiger charge is 2.47. The van der Waals surface area contributed by atoms with Gasteiger partial charge in [0.25, 0.3) is 0 Å². The van der Waals surface area contributed by atoms with Crippen molar-refractivity contribution in [3.8, 4) is 0 Å². The van der Waals surface area contributed by atoms with Crippen LogP contribution >= 0.6 is 7.82 Å². The normalized spacial score (nSPS) is 30.2. The van der Waals surface area contributed by atoms with Crippen LogP contribution in [-0.2, 0) is 18.3 Å². The predicted octanol–water partition coefficient (Wildman–Crippen LogP) is 2.23. The summed E-state index contributed by atoms with van der Waals surface area (Å²) in [5.41, 5.74) is 2.19. The van der Waals surface area contributed by atoms with Crippen molar-refractivity contribution in [1.29, 1.82) is 0 Å². The van der Waals surface area contributed by atoms with Crippen LogP contribution < -0.4 is 0 Å². The van der Waals surface area contributed by atoms with Crippen LogP contribution in [0.1, 0.15) is 33.6 Å². The predicted molar refractivity (Wildman–Crippen MR) is 85.9 cm³/mol. The lowest BCUT2D eigenvalue weighted by molar-refractivity contribution is -0.116. The number of allylic oxidation sites excluding steroid dienone is 3. The molecular formula is C15H26FO7P. The number of phosphoric acid groups is 1. The molecule has 1 saturated heterocycles. The third kappa shape index (κ3) is 7.11. The number of ether oxygens (including phenoxy) is 1. The van der Waals surface area contributed by atoms with Gasteiger partial charge in [0.05, 0.1) is 13.2 Å². The first-order valence-electron chi connectivity index (χ1n) is 7.69. The van der Waals surface area contributed by atoms with Gasteiger partial charge in [-0.1, -0.05) is 23.3 Å². The Morgan fingerprint density at radius 2 is 2.00 bits per heavy atom. The number of halogens is 1. The average Bonchev–Trinajstić information content (AvgIpc) is 2.74. The van der Waals surface area contributed by atoms with Gasteiger partial charge in [-0.15, -0.1) is 0 Å². The Hall–Kier alpha value is -0.600. The first-order valence-corrected chi connectivity index (χ1v) is 9.19. The summed E-state index contributed by atoms with van der Waals surface area (Å²) in [4.78, 5) is 9.58. The molecule has 24 heavy (non-hydrogen) atoms. The summed E-state index contributed by atoms with van der Waals surface area (Å²) in [6.07, 6.45) is -1.28. The quantitative estimate of drug-likeness (QED) is 0.423. The summed E-state index contributed by atoms with van der Waals surface area (Å²) in [6.45, 7) is 5.06. The molecule has 1 rings (SSSR count). The maximum atomic E-state index is 13.7. The van der Waals surface area contributed by atoms with Crippen molar-refractivity contribution in [2.45, 2.75) is 58.3 Å². The molecule has 0 saturated carbocycles. The second kappa shape index (κ2) is 9.77. The molecule has 140 valence electrons. The Kier molecular flexibility index (Phi) is 8.73. The molecule has 5 atom stereocenters. The Morgan fingerprint density at radius 3 is 2.54 bits per heavy atom. The molecule has 0 aromatic heterocycles. The van der Waals surface area contributed by atoms with Crippen LogP contribution in [0.25, 0.3) is 0 Å². The number of hydrogen-bond donors (Lipinski definition) is 3. The molecule has 7 nitrogen and oxygen atoms in total. The zero-order valence-corrected chi connectivity index (χ0v) is 15.0. The van der Waals surface area contributed by atoms with E-state index < -0.39 is 39.1 Å². The summed E-state index contributed by atoms with van der Waals surface area (Å²) in [5.74, 6) is 0. The second-order valence-electron chi connectivity index (χ2n) is 5.90. The van der Waals surface area contributed by atoms with Gasteiger partial charge >= 0.3 is 7.82 Å². The minimum absolute atomic E-state index is 0.177. The summed E-state index contributed by atoms with van der Waals surface area (Å²) >= 11 is 0. The highest BCUT2D eigenvalue weighted by atomic mass is 31.2. The maximum Gasteiger partial charge on any atom is 0.474 e. The standard InChI is InChI=1S/C15H26FO7P/c1-10(2)5-4-6-11(3)7-8-21-24(19,20)23-15-13(16)14(18)12(9-17)22-15/h5,7,12-15,17-18H,4,6,8-9H2,1-3H3,(H,19,20)/b11-7+/t12-,13+,14-,15+/m1/s1. The summed E-state index contributed by atoms with van der Waals surface area (Å²) in [6, 6.07) is 0. The first kappa shape index (κ1) is 21.4. The van der Waals surface area contributed by atoms with Crippen LogP contribution in [0.4, 0.5) is 4.39 Å². The average molecular weight is 368 g/mol. The van der Waals surface area contributed by atoms with E-state index in [9.17, 15) is 19.0 Å². The molecular weight excluding hydrogens is 342 g/mol. The molecule has 1 aliphatic rings. The third-order valence-electron chi connectivity index (χ3n) is 3.45. The number of aliphatic hydroxyl groups excluding tert-OH is 2. The Labute approximate surface area is 141 Å². The lowest BCUT2D eigenvalue weighted by atomic mass is 10.1. The highest BCUT2D eigenvalue weighted by molar-refractivity contribution is 7.47. The Morgan fingerprint density at radius 1 is 1.33 bits per heavy atom. The van der Waals surface area contributed by atoms with E-state index in [1.807, 2.05) is 20.8 Å². The first-order chi connectivity index (χ1) is 11.2. The summed E-state index contributed by atoms with van der Waals surface area (Å²) in [5, 5.41) is 18.3. The minimum atomic E-state index is -4.55. The van der Waals surface area contributed by atoms with E-state index in [0.717, 1.165) is 18.4 Å². The number of phosphoric ester groups is 1. The molecule has 0 bridgehead atoms. The zero-order valence-electron chi connectivity index (χ0n) is 14.1. The number of hydrogen-bond acceptors (Lipinski definition) is 6. The molecule has 1 heterocycles. The van der Waals surface area contributed by atoms with Crippen LogP contribution in [0, 0.1) is 0 Å². The maximum absolute atomic E-state index is 13.7. The molecule has 1 aliphatic heterocycles. The van der Waals surface area contributed by atoms with Crippen LogP contribution in [0.2, 0.25) is 0 Å². The van der Waals surface area contributed by atoms with Crippen molar-refractivity contribution in [2.24, 2.45) is 0 Å². The van der Waals surface area contributed by atoms with Gasteiger partial charge in [0.15, 0.2) is 6.17 Å². The van der Waals surface area contributed by atoms with Gasteiger partial charge in [-0.2, -0.15) is 0 Å². The van der Waals surface area contributed by atoms with Gasteiger partial charge in [0.1, 0.15) is 12.2 Å². The molecule has 0 aromatic carbocycles. The lowest BCUT2D eigenvalue weighted by Gasteiger charge is -2.17. The van der Waals surface area contributed by atoms with Crippen LogP contribution in [0.5, 0.6) is 0 Å². The van der Waals surface area contributed by atoms with Crippen molar-refractivity contribution in [1.82, 2.24) is 0 Å². The number of rotatable bonds is 9.